The zero-order valence-electron chi connectivity index (χ0n) is 11.2. The van der Waals surface area contributed by atoms with E-state index in [4.69, 9.17) is 0 Å². The van der Waals surface area contributed by atoms with Crippen molar-refractivity contribution in [2.75, 3.05) is 0 Å². The van der Waals surface area contributed by atoms with Gasteiger partial charge in [0.15, 0.2) is 0 Å². The third-order valence-electron chi connectivity index (χ3n) is 2.92. The number of rotatable bonds is 4. The van der Waals surface area contributed by atoms with Crippen LogP contribution in [0.25, 0.3) is 0 Å². The van der Waals surface area contributed by atoms with E-state index in [9.17, 15) is 13.2 Å². The monoisotopic (exact) mass is 300 g/mol. The minimum absolute atomic E-state index is 0.187. The van der Waals surface area contributed by atoms with Crippen LogP contribution in [0.3, 0.4) is 0 Å². The molecule has 1 heterocycles. The van der Waals surface area contributed by atoms with Crippen molar-refractivity contribution >= 4 is 11.3 Å². The van der Waals surface area contributed by atoms with Crippen molar-refractivity contribution in [3.05, 3.63) is 51.0 Å². The Morgan fingerprint density at radius 1 is 1.15 bits per heavy atom. The van der Waals surface area contributed by atoms with Gasteiger partial charge in [-0.1, -0.05) is 18.2 Å². The first kappa shape index (κ1) is 15.0. The second kappa shape index (κ2) is 5.93. The summed E-state index contributed by atoms with van der Waals surface area (Å²) in [5.74, 6) is 0. The van der Waals surface area contributed by atoms with Crippen molar-refractivity contribution in [1.82, 2.24) is 10.3 Å². The minimum Gasteiger partial charge on any atom is -0.308 e. The molecule has 0 radical (unpaired) electrons. The lowest BCUT2D eigenvalue weighted by atomic mass is 10.1. The van der Waals surface area contributed by atoms with Crippen LogP contribution in [0, 0.1) is 13.8 Å². The van der Waals surface area contributed by atoms with Gasteiger partial charge in [0.05, 0.1) is 16.3 Å². The topological polar surface area (TPSA) is 24.9 Å². The van der Waals surface area contributed by atoms with Crippen LogP contribution in [-0.2, 0) is 19.3 Å². The van der Waals surface area contributed by atoms with E-state index in [2.05, 4.69) is 10.3 Å². The number of nitrogens with one attached hydrogen (secondary N) is 1. The summed E-state index contributed by atoms with van der Waals surface area (Å²) in [6.07, 6.45) is -4.31. The Kier molecular flexibility index (Phi) is 4.45. The van der Waals surface area contributed by atoms with Crippen LogP contribution >= 0.6 is 11.3 Å². The largest absolute Gasteiger partial charge is 0.416 e. The molecule has 0 aliphatic heterocycles. The van der Waals surface area contributed by atoms with E-state index in [1.807, 2.05) is 13.8 Å². The molecule has 0 atom stereocenters. The molecule has 1 aromatic carbocycles. The van der Waals surface area contributed by atoms with Gasteiger partial charge in [-0.05, 0) is 25.5 Å². The van der Waals surface area contributed by atoms with Crippen LogP contribution in [0.5, 0.6) is 0 Å². The number of benzene rings is 1. The Morgan fingerprint density at radius 3 is 2.45 bits per heavy atom. The SMILES string of the molecule is Cc1nc(C)c(CNCc2ccccc2C(F)(F)F)s1. The molecule has 1 aromatic heterocycles. The van der Waals surface area contributed by atoms with Crippen molar-refractivity contribution in [2.45, 2.75) is 33.1 Å². The maximum atomic E-state index is 12.8. The normalized spacial score (nSPS) is 11.8. The average Bonchev–Trinajstić information content (AvgIpc) is 2.67. The highest BCUT2D eigenvalue weighted by Crippen LogP contribution is 2.31. The van der Waals surface area contributed by atoms with Crippen LogP contribution in [0.2, 0.25) is 0 Å². The summed E-state index contributed by atoms with van der Waals surface area (Å²) in [5, 5.41) is 4.02. The molecule has 0 aliphatic rings. The minimum atomic E-state index is -4.31. The third-order valence-corrected chi connectivity index (χ3v) is 4.00. The van der Waals surface area contributed by atoms with Gasteiger partial charge >= 0.3 is 6.18 Å². The predicted octanol–water partition coefficient (Wildman–Crippen LogP) is 4.07. The number of alkyl halides is 3. The molecule has 0 spiro atoms. The molecule has 20 heavy (non-hydrogen) atoms. The number of halogens is 3. The fraction of sp³-hybridized carbons (Fsp3) is 0.357. The van der Waals surface area contributed by atoms with Gasteiger partial charge in [-0.25, -0.2) is 4.98 Å². The zero-order valence-corrected chi connectivity index (χ0v) is 12.0. The van der Waals surface area contributed by atoms with Gasteiger partial charge in [0.1, 0.15) is 0 Å². The number of thiazole rings is 1. The second-order valence-electron chi connectivity index (χ2n) is 4.50. The van der Waals surface area contributed by atoms with Gasteiger partial charge in [-0.15, -0.1) is 11.3 Å². The van der Waals surface area contributed by atoms with E-state index in [1.165, 1.54) is 12.1 Å². The van der Waals surface area contributed by atoms with E-state index in [0.717, 1.165) is 21.6 Å². The summed E-state index contributed by atoms with van der Waals surface area (Å²) in [6, 6.07) is 5.64. The molecule has 0 saturated heterocycles. The van der Waals surface area contributed by atoms with E-state index in [-0.39, 0.29) is 12.1 Å². The lowest BCUT2D eigenvalue weighted by Crippen LogP contribution is -2.17. The van der Waals surface area contributed by atoms with E-state index < -0.39 is 11.7 Å². The first-order valence-corrected chi connectivity index (χ1v) is 6.98. The second-order valence-corrected chi connectivity index (χ2v) is 5.79. The summed E-state index contributed by atoms with van der Waals surface area (Å²) in [7, 11) is 0. The molecule has 2 rings (SSSR count). The molecule has 2 nitrogen and oxygen atoms in total. The lowest BCUT2D eigenvalue weighted by Gasteiger charge is -2.13. The van der Waals surface area contributed by atoms with Gasteiger partial charge < -0.3 is 5.32 Å². The Hall–Kier alpha value is -1.40. The molecule has 0 fully saturated rings. The number of nitrogens with zero attached hydrogens (tertiary/aromatic N) is 1. The van der Waals surface area contributed by atoms with Gasteiger partial charge in [0.25, 0.3) is 0 Å². The van der Waals surface area contributed by atoms with Crippen LogP contribution in [0.4, 0.5) is 13.2 Å². The third kappa shape index (κ3) is 3.58. The predicted molar refractivity (Wildman–Crippen MR) is 73.6 cm³/mol. The molecule has 0 amide bonds. The standard InChI is InChI=1S/C14H15F3N2S/c1-9-13(20-10(2)19-9)8-18-7-11-5-3-4-6-12(11)14(15,16)17/h3-6,18H,7-8H2,1-2H3. The van der Waals surface area contributed by atoms with Crippen LogP contribution < -0.4 is 5.32 Å². The smallest absolute Gasteiger partial charge is 0.308 e. The molecule has 0 saturated carbocycles. The first-order valence-electron chi connectivity index (χ1n) is 6.16. The Balaban J connectivity index is 2.03. The number of aryl methyl sites for hydroxylation is 2. The van der Waals surface area contributed by atoms with Gasteiger partial charge in [-0.3, -0.25) is 0 Å². The quantitative estimate of drug-likeness (QED) is 0.920. The molecule has 1 N–H and O–H groups in total. The highest BCUT2D eigenvalue weighted by Gasteiger charge is 2.32. The molecule has 6 heteroatoms. The molecule has 0 bridgehead atoms. The first-order chi connectivity index (χ1) is 9.38. The summed E-state index contributed by atoms with van der Waals surface area (Å²) < 4.78 is 38.5. The number of aromatic nitrogens is 1. The van der Waals surface area contributed by atoms with Crippen molar-refractivity contribution in [3.8, 4) is 0 Å². The van der Waals surface area contributed by atoms with Crippen molar-refractivity contribution in [2.24, 2.45) is 0 Å². The van der Waals surface area contributed by atoms with Crippen LogP contribution in [-0.4, -0.2) is 4.98 Å². The summed E-state index contributed by atoms with van der Waals surface area (Å²) in [4.78, 5) is 5.35. The lowest BCUT2D eigenvalue weighted by molar-refractivity contribution is -0.138. The average molecular weight is 300 g/mol. The summed E-state index contributed by atoms with van der Waals surface area (Å²) in [6.45, 7) is 4.54. The maximum absolute atomic E-state index is 12.8. The maximum Gasteiger partial charge on any atom is 0.416 e. The Bertz CT molecular complexity index is 590. The zero-order chi connectivity index (χ0) is 14.8. The van der Waals surface area contributed by atoms with E-state index in [0.29, 0.717) is 6.54 Å². The molecule has 0 aliphatic carbocycles. The van der Waals surface area contributed by atoms with Crippen molar-refractivity contribution in [1.29, 1.82) is 0 Å². The van der Waals surface area contributed by atoms with Crippen molar-refractivity contribution in [3.63, 3.8) is 0 Å². The number of hydrogen-bond acceptors (Lipinski definition) is 3. The van der Waals surface area contributed by atoms with Gasteiger partial charge in [-0.2, -0.15) is 13.2 Å². The number of hydrogen-bond donors (Lipinski definition) is 1. The molecule has 0 unspecified atom stereocenters. The fourth-order valence-electron chi connectivity index (χ4n) is 2.00. The summed E-state index contributed by atoms with van der Waals surface area (Å²) in [5.41, 5.74) is 0.618. The Morgan fingerprint density at radius 2 is 1.85 bits per heavy atom. The van der Waals surface area contributed by atoms with Crippen LogP contribution in [0.15, 0.2) is 24.3 Å². The molecule has 2 aromatic rings. The highest BCUT2D eigenvalue weighted by atomic mass is 32.1. The van der Waals surface area contributed by atoms with Gasteiger partial charge in [0.2, 0.25) is 0 Å². The van der Waals surface area contributed by atoms with Crippen LogP contribution in [0.1, 0.15) is 26.7 Å². The molecule has 108 valence electrons. The molecular formula is C14H15F3N2S. The van der Waals surface area contributed by atoms with E-state index in [1.54, 1.807) is 17.4 Å². The Labute approximate surface area is 119 Å². The molecular weight excluding hydrogens is 285 g/mol. The summed E-state index contributed by atoms with van der Waals surface area (Å²) >= 11 is 1.56. The van der Waals surface area contributed by atoms with Gasteiger partial charge in [0, 0.05) is 18.0 Å². The van der Waals surface area contributed by atoms with E-state index >= 15 is 0 Å². The van der Waals surface area contributed by atoms with Crippen molar-refractivity contribution < 1.29 is 13.2 Å². The fourth-order valence-corrected chi connectivity index (χ4v) is 2.91. The highest BCUT2D eigenvalue weighted by molar-refractivity contribution is 7.11.